The van der Waals surface area contributed by atoms with Gasteiger partial charge in [-0.25, -0.2) is 14.0 Å². The molecule has 3 aliphatic rings. The van der Waals surface area contributed by atoms with Gasteiger partial charge < -0.3 is 5.32 Å². The number of halogens is 1. The van der Waals surface area contributed by atoms with Crippen molar-refractivity contribution in [2.45, 2.75) is 38.3 Å². The summed E-state index contributed by atoms with van der Waals surface area (Å²) in [6.07, 6.45) is 5.69. The molecule has 2 aromatic carbocycles. The number of fused-ring (bicyclic) bond motifs is 2. The number of aromatic nitrogens is 3. The van der Waals surface area contributed by atoms with E-state index in [1.807, 2.05) is 19.1 Å². The smallest absolute Gasteiger partial charge is 0.260 e. The van der Waals surface area contributed by atoms with Crippen molar-refractivity contribution >= 4 is 23.7 Å². The van der Waals surface area contributed by atoms with Crippen LogP contribution in [0.2, 0.25) is 0 Å². The van der Waals surface area contributed by atoms with Crippen molar-refractivity contribution in [3.63, 3.8) is 0 Å². The summed E-state index contributed by atoms with van der Waals surface area (Å²) in [5.41, 5.74) is 3.15. The van der Waals surface area contributed by atoms with Gasteiger partial charge in [0.05, 0.1) is 23.9 Å². The summed E-state index contributed by atoms with van der Waals surface area (Å²) in [7, 11) is 0. The number of amides is 2. The number of imide groups is 1. The van der Waals surface area contributed by atoms with E-state index in [2.05, 4.69) is 39.7 Å². The Kier molecular flexibility index (Phi) is 4.83. The van der Waals surface area contributed by atoms with Crippen LogP contribution in [-0.2, 0) is 9.59 Å². The normalized spacial score (nSPS) is 25.8. The number of anilines is 2. The molecule has 4 unspecified atom stereocenters. The van der Waals surface area contributed by atoms with Gasteiger partial charge in [0.25, 0.3) is 5.95 Å². The zero-order valence-corrected chi connectivity index (χ0v) is 18.7. The van der Waals surface area contributed by atoms with E-state index in [4.69, 9.17) is 0 Å². The molecule has 1 fully saturated rings. The number of allylic oxidation sites excluding steroid dienone is 2. The lowest BCUT2D eigenvalue weighted by Crippen LogP contribution is -2.32. The van der Waals surface area contributed by atoms with Crippen molar-refractivity contribution in [3.8, 4) is 0 Å². The summed E-state index contributed by atoms with van der Waals surface area (Å²) in [6, 6.07) is 14.3. The first kappa shape index (κ1) is 20.8. The van der Waals surface area contributed by atoms with Gasteiger partial charge in [-0.05, 0) is 49.4 Å². The molecule has 7 nitrogen and oxygen atoms in total. The van der Waals surface area contributed by atoms with Gasteiger partial charge in [0.1, 0.15) is 5.82 Å². The molecule has 34 heavy (non-hydrogen) atoms. The largest absolute Gasteiger partial charge is 0.347 e. The van der Waals surface area contributed by atoms with Gasteiger partial charge in [-0.2, -0.15) is 4.98 Å². The number of hydrogen-bond acceptors (Lipinski definition) is 5. The predicted molar refractivity (Wildman–Crippen MR) is 125 cm³/mol. The third-order valence-corrected chi connectivity index (χ3v) is 7.12. The molecule has 1 aliphatic carbocycles. The van der Waals surface area contributed by atoms with E-state index < -0.39 is 0 Å². The zero-order chi connectivity index (χ0) is 23.4. The van der Waals surface area contributed by atoms with Gasteiger partial charge in [-0.3, -0.25) is 9.59 Å². The lowest BCUT2D eigenvalue weighted by Gasteiger charge is -2.31. The van der Waals surface area contributed by atoms with E-state index in [1.165, 1.54) is 17.7 Å². The Morgan fingerprint density at radius 2 is 1.53 bits per heavy atom. The number of aryl methyl sites for hydroxylation is 1. The molecule has 1 N–H and O–H groups in total. The van der Waals surface area contributed by atoms with Crippen molar-refractivity contribution in [3.05, 3.63) is 83.2 Å². The second-order valence-corrected chi connectivity index (χ2v) is 9.26. The molecule has 4 atom stereocenters. The Bertz CT molecular complexity index is 1270. The van der Waals surface area contributed by atoms with E-state index in [1.54, 1.807) is 16.8 Å². The molecule has 0 radical (unpaired) electrons. The number of benzene rings is 2. The summed E-state index contributed by atoms with van der Waals surface area (Å²) < 4.78 is 15.4. The minimum absolute atomic E-state index is 0.0584. The van der Waals surface area contributed by atoms with Crippen molar-refractivity contribution in [2.24, 2.45) is 11.8 Å². The first-order valence-corrected chi connectivity index (χ1v) is 11.6. The quantitative estimate of drug-likeness (QED) is 0.468. The fourth-order valence-electron chi connectivity index (χ4n) is 5.24. The maximum Gasteiger partial charge on any atom is 0.260 e. The molecular weight excluding hydrogens is 433 g/mol. The van der Waals surface area contributed by atoms with E-state index in [9.17, 15) is 14.0 Å². The minimum atomic E-state index is -0.348. The average molecular weight is 458 g/mol. The Morgan fingerprint density at radius 1 is 0.912 bits per heavy atom. The summed E-state index contributed by atoms with van der Waals surface area (Å²) in [6.45, 7) is 2.04. The summed E-state index contributed by atoms with van der Waals surface area (Å²) in [5.74, 6) is -0.903. The number of nitrogens with zero attached hydrogens (tertiary/aromatic N) is 4. The minimum Gasteiger partial charge on any atom is -0.347 e. The summed E-state index contributed by atoms with van der Waals surface area (Å²) >= 11 is 0. The highest BCUT2D eigenvalue weighted by atomic mass is 19.1. The van der Waals surface area contributed by atoms with Crippen LogP contribution in [0, 0.1) is 24.6 Å². The van der Waals surface area contributed by atoms with Crippen molar-refractivity contribution in [1.29, 1.82) is 0 Å². The number of carbonyl (C=O) groups is 2. The maximum absolute atomic E-state index is 13.6. The molecule has 172 valence electrons. The Labute approximate surface area is 196 Å². The molecule has 0 spiro atoms. The molecule has 2 aliphatic heterocycles. The molecule has 1 aromatic heterocycles. The lowest BCUT2D eigenvalue weighted by molar-refractivity contribution is -0.122. The molecule has 3 aromatic rings. The van der Waals surface area contributed by atoms with Crippen LogP contribution in [0.3, 0.4) is 0 Å². The van der Waals surface area contributed by atoms with E-state index >= 15 is 0 Å². The van der Waals surface area contributed by atoms with Crippen LogP contribution in [0.4, 0.5) is 16.3 Å². The monoisotopic (exact) mass is 457 g/mol. The number of hydrogen-bond donors (Lipinski definition) is 1. The average Bonchev–Trinajstić information content (AvgIpc) is 3.38. The Morgan fingerprint density at radius 3 is 2.18 bits per heavy atom. The van der Waals surface area contributed by atoms with Crippen LogP contribution < -0.4 is 10.2 Å². The maximum atomic E-state index is 13.6. The first-order valence-electron chi connectivity index (χ1n) is 11.6. The zero-order valence-electron chi connectivity index (χ0n) is 18.7. The molecule has 6 rings (SSSR count). The highest BCUT2D eigenvalue weighted by Gasteiger charge is 2.49. The molecule has 2 amide bonds. The SMILES string of the molecule is Cc1ccc(C2CC(c3ccc(F)cc3)n3nc(N4C(=O)C5CC=CCC5C4=O)nc3N2)cc1. The lowest BCUT2D eigenvalue weighted by atomic mass is 9.85. The second-order valence-electron chi connectivity index (χ2n) is 9.26. The molecular formula is C26H24FN5O2. The molecule has 3 heterocycles. The van der Waals surface area contributed by atoms with Crippen LogP contribution in [0.5, 0.6) is 0 Å². The summed E-state index contributed by atoms with van der Waals surface area (Å²) in [4.78, 5) is 31.9. The van der Waals surface area contributed by atoms with Gasteiger partial charge >= 0.3 is 0 Å². The van der Waals surface area contributed by atoms with Gasteiger partial charge in [0.2, 0.25) is 17.8 Å². The van der Waals surface area contributed by atoms with Crippen LogP contribution >= 0.6 is 0 Å². The number of nitrogens with one attached hydrogen (secondary N) is 1. The van der Waals surface area contributed by atoms with Crippen molar-refractivity contribution in [2.75, 3.05) is 10.2 Å². The van der Waals surface area contributed by atoms with Crippen molar-refractivity contribution < 1.29 is 14.0 Å². The standard InChI is InChI=1S/C26H24FN5O2/c1-15-6-8-16(9-7-15)21-14-22(17-10-12-18(27)13-11-17)32-25(28-21)29-26(30-32)31-23(33)19-4-2-3-5-20(19)24(31)34/h2-3,6-13,19-22H,4-5,14H2,1H3,(H,28,29,30). The summed E-state index contributed by atoms with van der Waals surface area (Å²) in [5, 5.41) is 8.06. The van der Waals surface area contributed by atoms with Crippen molar-refractivity contribution in [1.82, 2.24) is 14.8 Å². The highest BCUT2D eigenvalue weighted by Crippen LogP contribution is 2.41. The van der Waals surface area contributed by atoms with E-state index in [-0.39, 0.29) is 47.5 Å². The van der Waals surface area contributed by atoms with Crippen LogP contribution in [0.25, 0.3) is 0 Å². The van der Waals surface area contributed by atoms with E-state index in [0.29, 0.717) is 25.2 Å². The number of carbonyl (C=O) groups excluding carboxylic acids is 2. The van der Waals surface area contributed by atoms with Gasteiger partial charge in [-0.1, -0.05) is 54.1 Å². The molecule has 0 saturated carbocycles. The topological polar surface area (TPSA) is 80.1 Å². The molecule has 8 heteroatoms. The van der Waals surface area contributed by atoms with Crippen LogP contribution in [0.1, 0.15) is 48.0 Å². The van der Waals surface area contributed by atoms with E-state index in [0.717, 1.165) is 16.0 Å². The molecule has 1 saturated heterocycles. The predicted octanol–water partition coefficient (Wildman–Crippen LogP) is 4.33. The number of rotatable bonds is 3. The fraction of sp³-hybridized carbons (Fsp3) is 0.308. The molecule has 0 bridgehead atoms. The Hall–Kier alpha value is -3.81. The van der Waals surface area contributed by atoms with Crippen LogP contribution in [-0.4, -0.2) is 26.6 Å². The fourth-order valence-corrected chi connectivity index (χ4v) is 5.24. The van der Waals surface area contributed by atoms with Crippen LogP contribution in [0.15, 0.2) is 60.7 Å². The Balaban J connectivity index is 1.40. The van der Waals surface area contributed by atoms with Gasteiger partial charge in [0, 0.05) is 0 Å². The van der Waals surface area contributed by atoms with Gasteiger partial charge in [0.15, 0.2) is 0 Å². The third kappa shape index (κ3) is 3.32. The second kappa shape index (κ2) is 7.90. The first-order chi connectivity index (χ1) is 16.5. The highest BCUT2D eigenvalue weighted by molar-refractivity contribution is 6.21. The van der Waals surface area contributed by atoms with Gasteiger partial charge in [-0.15, -0.1) is 5.10 Å². The third-order valence-electron chi connectivity index (χ3n) is 7.12.